The molecular weight excluding hydrogens is 591 g/mol. The Bertz CT molecular complexity index is 1520. The second-order valence-corrected chi connectivity index (χ2v) is 11.5. The molecule has 2 aliphatic heterocycles. The number of piperidine rings is 1. The molecule has 0 spiro atoms. The minimum Gasteiger partial charge on any atom is -0.462 e. The van der Waals surface area contributed by atoms with Crippen LogP contribution in [0.2, 0.25) is 0 Å². The SMILES string of the molecule is CCOC(=O)c1cccc(CC(=O)N2CCN(c3ccc(CC(=O)c4oc(N5CCCC(C)C5)nc4C(F)(F)F)cn3)CC2)c1. The molecule has 1 unspecified atom stereocenters. The molecule has 2 saturated heterocycles. The number of halogens is 3. The van der Waals surface area contributed by atoms with Crippen LogP contribution in [-0.4, -0.2) is 78.4 Å². The van der Waals surface area contributed by atoms with Crippen molar-refractivity contribution in [2.24, 2.45) is 5.92 Å². The van der Waals surface area contributed by atoms with Crippen molar-refractivity contribution in [2.45, 2.75) is 45.7 Å². The summed E-state index contributed by atoms with van der Waals surface area (Å²) >= 11 is 0. The zero-order valence-corrected chi connectivity index (χ0v) is 25.3. The van der Waals surface area contributed by atoms with Crippen LogP contribution >= 0.6 is 0 Å². The minimum absolute atomic E-state index is 0.0546. The molecule has 1 atom stereocenters. The maximum absolute atomic E-state index is 13.8. The molecule has 2 fully saturated rings. The monoisotopic (exact) mass is 627 g/mol. The highest BCUT2D eigenvalue weighted by atomic mass is 19.4. The number of piperazine rings is 1. The van der Waals surface area contributed by atoms with Crippen molar-refractivity contribution in [3.05, 3.63) is 70.7 Å². The predicted molar refractivity (Wildman–Crippen MR) is 159 cm³/mol. The van der Waals surface area contributed by atoms with Gasteiger partial charge in [0.25, 0.3) is 6.01 Å². The number of hydrogen-bond acceptors (Lipinski definition) is 9. The van der Waals surface area contributed by atoms with Crippen molar-refractivity contribution in [1.82, 2.24) is 14.9 Å². The molecule has 13 heteroatoms. The number of oxazole rings is 1. The number of aromatic nitrogens is 2. The maximum atomic E-state index is 13.8. The number of anilines is 2. The second kappa shape index (κ2) is 13.7. The highest BCUT2D eigenvalue weighted by molar-refractivity contribution is 5.96. The number of ether oxygens (including phenoxy) is 1. The molecule has 0 aliphatic carbocycles. The van der Waals surface area contributed by atoms with Gasteiger partial charge in [0.05, 0.1) is 18.6 Å². The molecular formula is C32H36F3N5O5. The fourth-order valence-corrected chi connectivity index (χ4v) is 5.66. The van der Waals surface area contributed by atoms with Gasteiger partial charge in [-0.2, -0.15) is 18.2 Å². The van der Waals surface area contributed by atoms with E-state index in [2.05, 4.69) is 9.97 Å². The number of pyridine rings is 1. The van der Waals surface area contributed by atoms with E-state index >= 15 is 0 Å². The van der Waals surface area contributed by atoms with Crippen LogP contribution in [0.15, 0.2) is 47.0 Å². The number of ketones is 1. The van der Waals surface area contributed by atoms with E-state index < -0.39 is 29.4 Å². The first-order valence-corrected chi connectivity index (χ1v) is 15.1. The number of rotatable bonds is 9. The van der Waals surface area contributed by atoms with Crippen LogP contribution in [-0.2, 0) is 28.5 Å². The van der Waals surface area contributed by atoms with Crippen LogP contribution in [0.25, 0.3) is 0 Å². The fraction of sp³-hybridized carbons (Fsp3) is 0.469. The number of alkyl halides is 3. The third kappa shape index (κ3) is 7.81. The number of hydrogen-bond donors (Lipinski definition) is 0. The molecule has 0 radical (unpaired) electrons. The van der Waals surface area contributed by atoms with Gasteiger partial charge in [-0.15, -0.1) is 0 Å². The number of carbonyl (C=O) groups is 3. The van der Waals surface area contributed by atoms with E-state index in [1.165, 1.54) is 6.20 Å². The topological polar surface area (TPSA) is 109 Å². The average molecular weight is 628 g/mol. The molecule has 10 nitrogen and oxygen atoms in total. The van der Waals surface area contributed by atoms with Crippen LogP contribution < -0.4 is 9.80 Å². The lowest BCUT2D eigenvalue weighted by Crippen LogP contribution is -2.49. The Morgan fingerprint density at radius 2 is 1.78 bits per heavy atom. The third-order valence-corrected chi connectivity index (χ3v) is 7.99. The number of benzene rings is 1. The number of Topliss-reactive ketones (excluding diaryl/α,β-unsaturated/α-hetero) is 1. The first-order chi connectivity index (χ1) is 21.5. The van der Waals surface area contributed by atoms with Gasteiger partial charge in [-0.25, -0.2) is 9.78 Å². The van der Waals surface area contributed by atoms with E-state index in [-0.39, 0.29) is 37.3 Å². The largest absolute Gasteiger partial charge is 0.462 e. The molecule has 5 rings (SSSR count). The molecule has 240 valence electrons. The number of esters is 1. The Labute approximate surface area is 259 Å². The van der Waals surface area contributed by atoms with E-state index in [4.69, 9.17) is 9.15 Å². The Hall–Kier alpha value is -4.42. The Balaban J connectivity index is 1.17. The van der Waals surface area contributed by atoms with Crippen molar-refractivity contribution in [3.8, 4) is 0 Å². The minimum atomic E-state index is -4.83. The average Bonchev–Trinajstić information content (AvgIpc) is 3.49. The summed E-state index contributed by atoms with van der Waals surface area (Å²) in [4.78, 5) is 51.5. The first kappa shape index (κ1) is 32.0. The molecule has 1 amide bonds. The van der Waals surface area contributed by atoms with Crippen molar-refractivity contribution in [2.75, 3.05) is 55.7 Å². The van der Waals surface area contributed by atoms with E-state index in [9.17, 15) is 27.6 Å². The van der Waals surface area contributed by atoms with Gasteiger partial charge in [-0.05, 0) is 55.0 Å². The zero-order chi connectivity index (χ0) is 32.1. The maximum Gasteiger partial charge on any atom is 0.437 e. The quantitative estimate of drug-likeness (QED) is 0.244. The van der Waals surface area contributed by atoms with Gasteiger partial charge < -0.3 is 23.9 Å². The normalized spacial score (nSPS) is 17.4. The smallest absolute Gasteiger partial charge is 0.437 e. The van der Waals surface area contributed by atoms with Crippen molar-refractivity contribution in [1.29, 1.82) is 0 Å². The molecule has 0 N–H and O–H groups in total. The lowest BCUT2D eigenvalue weighted by molar-refractivity contribution is -0.141. The number of nitrogens with zero attached hydrogens (tertiary/aromatic N) is 5. The Kier molecular flexibility index (Phi) is 9.74. The lowest BCUT2D eigenvalue weighted by atomic mass is 10.0. The second-order valence-electron chi connectivity index (χ2n) is 11.5. The van der Waals surface area contributed by atoms with Crippen LogP contribution in [0.4, 0.5) is 25.0 Å². The Morgan fingerprint density at radius 1 is 1.00 bits per heavy atom. The summed E-state index contributed by atoms with van der Waals surface area (Å²) in [5.41, 5.74) is 0.274. The van der Waals surface area contributed by atoms with Crippen LogP contribution in [0.1, 0.15) is 64.4 Å². The van der Waals surface area contributed by atoms with Crippen LogP contribution in [0, 0.1) is 5.92 Å². The van der Waals surface area contributed by atoms with Crippen molar-refractivity contribution in [3.63, 3.8) is 0 Å². The van der Waals surface area contributed by atoms with E-state index in [0.29, 0.717) is 56.2 Å². The highest BCUT2D eigenvalue weighted by Crippen LogP contribution is 2.35. The molecule has 45 heavy (non-hydrogen) atoms. The van der Waals surface area contributed by atoms with Crippen LogP contribution in [0.5, 0.6) is 0 Å². The van der Waals surface area contributed by atoms with Crippen LogP contribution in [0.3, 0.4) is 0 Å². The molecule has 0 bridgehead atoms. The molecule has 0 saturated carbocycles. The Morgan fingerprint density at radius 3 is 2.44 bits per heavy atom. The van der Waals surface area contributed by atoms with Gasteiger partial charge in [-0.3, -0.25) is 9.59 Å². The number of carbonyl (C=O) groups excluding carboxylic acids is 3. The molecule has 2 aliphatic rings. The van der Waals surface area contributed by atoms with Gasteiger partial charge in [0.15, 0.2) is 5.69 Å². The van der Waals surface area contributed by atoms with Gasteiger partial charge in [0.2, 0.25) is 17.5 Å². The summed E-state index contributed by atoms with van der Waals surface area (Å²) in [6, 6.07) is 10.0. The van der Waals surface area contributed by atoms with E-state index in [0.717, 1.165) is 18.4 Å². The van der Waals surface area contributed by atoms with Gasteiger partial charge in [0, 0.05) is 51.9 Å². The summed E-state index contributed by atoms with van der Waals surface area (Å²) in [6.07, 6.45) is -1.73. The van der Waals surface area contributed by atoms with Gasteiger partial charge in [-0.1, -0.05) is 25.1 Å². The summed E-state index contributed by atoms with van der Waals surface area (Å²) in [5, 5.41) is 0. The van der Waals surface area contributed by atoms with E-state index in [1.807, 2.05) is 11.8 Å². The van der Waals surface area contributed by atoms with Crippen molar-refractivity contribution >= 4 is 29.5 Å². The molecule has 2 aromatic heterocycles. The lowest BCUT2D eigenvalue weighted by Gasteiger charge is -2.35. The van der Waals surface area contributed by atoms with Gasteiger partial charge in [0.1, 0.15) is 5.82 Å². The molecule has 1 aromatic carbocycles. The fourth-order valence-electron chi connectivity index (χ4n) is 5.66. The first-order valence-electron chi connectivity index (χ1n) is 15.1. The summed E-state index contributed by atoms with van der Waals surface area (Å²) in [7, 11) is 0. The molecule has 3 aromatic rings. The zero-order valence-electron chi connectivity index (χ0n) is 25.3. The standard InChI is InChI=1S/C32H36F3N5O5/c1-3-44-30(43)24-8-4-7-22(16-24)18-27(42)39-14-12-38(13-15-39)26-10-9-23(19-36-26)17-25(41)28-29(32(33,34)35)37-31(45-28)40-11-5-6-21(2)20-40/h4,7-10,16,19,21H,3,5-6,11-15,17-18,20H2,1-2H3. The summed E-state index contributed by atoms with van der Waals surface area (Å²) < 4.78 is 51.8. The third-order valence-electron chi connectivity index (χ3n) is 7.99. The predicted octanol–water partition coefficient (Wildman–Crippen LogP) is 4.82. The van der Waals surface area contributed by atoms with Gasteiger partial charge >= 0.3 is 12.1 Å². The summed E-state index contributed by atoms with van der Waals surface area (Å²) in [5.74, 6) is -1.16. The van der Waals surface area contributed by atoms with E-state index in [1.54, 1.807) is 53.1 Å². The summed E-state index contributed by atoms with van der Waals surface area (Å²) in [6.45, 7) is 7.07. The number of amides is 1. The van der Waals surface area contributed by atoms with Crippen molar-refractivity contribution < 1.29 is 36.7 Å². The molecule has 4 heterocycles. The highest BCUT2D eigenvalue weighted by Gasteiger charge is 2.42.